The van der Waals surface area contributed by atoms with Crippen LogP contribution in [0.4, 0.5) is 5.69 Å². The van der Waals surface area contributed by atoms with Gasteiger partial charge in [0, 0.05) is 18.2 Å². The van der Waals surface area contributed by atoms with Crippen LogP contribution in [0.25, 0.3) is 0 Å². The van der Waals surface area contributed by atoms with Crippen LogP contribution in [-0.2, 0) is 26.2 Å². The molecule has 0 fully saturated rings. The number of hydrogen-bond acceptors (Lipinski definition) is 6. The van der Waals surface area contributed by atoms with Crippen LogP contribution in [0.5, 0.6) is 11.5 Å². The standard InChI is InChI=1S/C30H33Cl2N3O6S/c1-20(29(37)33-30(2,3)4)34(18-21-10-12-24(31)25(32)16-21)28(36)19-35(42(38,39)23-8-6-5-7-9-23)22-11-13-26-27(17-22)41-15-14-40-26/h5-13,16-17,20H,14-15,18-19H2,1-4H3,(H,33,37)/t20-/m1/s1. The Morgan fingerprint density at radius 3 is 2.24 bits per heavy atom. The van der Waals surface area contributed by atoms with E-state index in [1.54, 1.807) is 55.5 Å². The molecule has 4 rings (SSSR count). The van der Waals surface area contributed by atoms with Crippen LogP contribution < -0.4 is 19.1 Å². The van der Waals surface area contributed by atoms with Crippen LogP contribution in [0.3, 0.4) is 0 Å². The summed E-state index contributed by atoms with van der Waals surface area (Å²) in [6.45, 7) is 7.15. The number of anilines is 1. The molecule has 0 radical (unpaired) electrons. The van der Waals surface area contributed by atoms with Gasteiger partial charge in [0.05, 0.1) is 20.6 Å². The maximum absolute atomic E-state index is 14.1. The Balaban J connectivity index is 1.74. The molecule has 224 valence electrons. The number of hydrogen-bond donors (Lipinski definition) is 1. The first-order chi connectivity index (χ1) is 19.8. The molecule has 0 spiro atoms. The maximum Gasteiger partial charge on any atom is 0.264 e. The van der Waals surface area contributed by atoms with Crippen molar-refractivity contribution in [2.45, 2.75) is 50.7 Å². The van der Waals surface area contributed by atoms with Gasteiger partial charge in [-0.1, -0.05) is 47.5 Å². The first-order valence-corrected chi connectivity index (χ1v) is 15.5. The van der Waals surface area contributed by atoms with Gasteiger partial charge in [-0.05, 0) is 69.7 Å². The molecule has 9 nitrogen and oxygen atoms in total. The van der Waals surface area contributed by atoms with Crippen molar-refractivity contribution in [3.05, 3.63) is 82.3 Å². The van der Waals surface area contributed by atoms with E-state index >= 15 is 0 Å². The molecule has 0 saturated heterocycles. The van der Waals surface area contributed by atoms with Crippen LogP contribution in [0.1, 0.15) is 33.3 Å². The molecule has 3 aromatic carbocycles. The second-order valence-corrected chi connectivity index (χ2v) is 13.5. The fourth-order valence-electron chi connectivity index (χ4n) is 4.33. The molecule has 42 heavy (non-hydrogen) atoms. The van der Waals surface area contributed by atoms with E-state index in [0.717, 1.165) is 4.31 Å². The number of nitrogens with zero attached hydrogens (tertiary/aromatic N) is 2. The molecule has 0 unspecified atom stereocenters. The van der Waals surface area contributed by atoms with Crippen molar-refractivity contribution in [1.29, 1.82) is 0 Å². The molecule has 1 aliphatic heterocycles. The van der Waals surface area contributed by atoms with Gasteiger partial charge in [-0.2, -0.15) is 0 Å². The second-order valence-electron chi connectivity index (χ2n) is 10.8. The third-order valence-corrected chi connectivity index (χ3v) is 8.95. The number of sulfonamides is 1. The van der Waals surface area contributed by atoms with Gasteiger partial charge in [0.1, 0.15) is 25.8 Å². The zero-order chi connectivity index (χ0) is 30.7. The molecular formula is C30H33Cl2N3O6S. The van der Waals surface area contributed by atoms with Crippen molar-refractivity contribution < 1.29 is 27.5 Å². The molecule has 1 heterocycles. The number of ether oxygens (including phenoxy) is 2. The average molecular weight is 635 g/mol. The molecule has 2 amide bonds. The summed E-state index contributed by atoms with van der Waals surface area (Å²) in [4.78, 5) is 28.6. The van der Waals surface area contributed by atoms with Crippen molar-refractivity contribution in [2.75, 3.05) is 24.1 Å². The summed E-state index contributed by atoms with van der Waals surface area (Å²) in [6, 6.07) is 16.5. The van der Waals surface area contributed by atoms with Crippen LogP contribution in [0.2, 0.25) is 10.0 Å². The van der Waals surface area contributed by atoms with E-state index < -0.39 is 40.0 Å². The van der Waals surface area contributed by atoms with Gasteiger partial charge >= 0.3 is 0 Å². The highest BCUT2D eigenvalue weighted by Crippen LogP contribution is 2.36. The topological polar surface area (TPSA) is 105 Å². The summed E-state index contributed by atoms with van der Waals surface area (Å²) in [7, 11) is -4.22. The van der Waals surface area contributed by atoms with Crippen molar-refractivity contribution in [1.82, 2.24) is 10.2 Å². The number of amides is 2. The number of rotatable bonds is 9. The highest BCUT2D eigenvalue weighted by atomic mass is 35.5. The summed E-state index contributed by atoms with van der Waals surface area (Å²) in [5, 5.41) is 3.53. The molecule has 0 aromatic heterocycles. The van der Waals surface area contributed by atoms with Gasteiger partial charge in [-0.3, -0.25) is 13.9 Å². The smallest absolute Gasteiger partial charge is 0.264 e. The number of benzene rings is 3. The van der Waals surface area contributed by atoms with Gasteiger partial charge in [-0.25, -0.2) is 8.42 Å². The van der Waals surface area contributed by atoms with E-state index in [0.29, 0.717) is 35.3 Å². The molecule has 1 atom stereocenters. The summed E-state index contributed by atoms with van der Waals surface area (Å²) < 4.78 is 40.2. The largest absolute Gasteiger partial charge is 0.486 e. The lowest BCUT2D eigenvalue weighted by molar-refractivity contribution is -0.140. The van der Waals surface area contributed by atoms with Gasteiger partial charge in [0.2, 0.25) is 11.8 Å². The fourth-order valence-corrected chi connectivity index (χ4v) is 6.07. The first kappa shape index (κ1) is 31.5. The van der Waals surface area contributed by atoms with E-state index in [4.69, 9.17) is 32.7 Å². The summed E-state index contributed by atoms with van der Waals surface area (Å²) in [5.74, 6) is -0.160. The second kappa shape index (κ2) is 12.8. The number of carbonyl (C=O) groups excluding carboxylic acids is 2. The Labute approximate surface area is 256 Å². The van der Waals surface area contributed by atoms with Gasteiger partial charge in [0.15, 0.2) is 11.5 Å². The number of carbonyl (C=O) groups is 2. The minimum atomic E-state index is -4.22. The molecular weight excluding hydrogens is 601 g/mol. The third kappa shape index (κ3) is 7.48. The molecule has 0 saturated carbocycles. The lowest BCUT2D eigenvalue weighted by Gasteiger charge is -2.33. The number of nitrogens with one attached hydrogen (secondary N) is 1. The predicted octanol–water partition coefficient (Wildman–Crippen LogP) is 5.29. The Morgan fingerprint density at radius 1 is 0.929 bits per heavy atom. The molecule has 12 heteroatoms. The SMILES string of the molecule is C[C@H](C(=O)NC(C)(C)C)N(Cc1ccc(Cl)c(Cl)c1)C(=O)CN(c1ccc2c(c1)OCCO2)S(=O)(=O)c1ccccc1. The van der Waals surface area contributed by atoms with Crippen LogP contribution in [0, 0.1) is 0 Å². The van der Waals surface area contributed by atoms with Crippen molar-refractivity contribution in [2.24, 2.45) is 0 Å². The first-order valence-electron chi connectivity index (χ1n) is 13.3. The quantitative estimate of drug-likeness (QED) is 0.343. The normalized spacial score (nSPS) is 13.7. The minimum Gasteiger partial charge on any atom is -0.486 e. The maximum atomic E-state index is 14.1. The van der Waals surface area contributed by atoms with Crippen molar-refractivity contribution in [3.8, 4) is 11.5 Å². The molecule has 0 aliphatic carbocycles. The lowest BCUT2D eigenvalue weighted by atomic mass is 10.1. The Morgan fingerprint density at radius 2 is 1.60 bits per heavy atom. The number of halogens is 2. The highest BCUT2D eigenvalue weighted by molar-refractivity contribution is 7.92. The van der Waals surface area contributed by atoms with Gasteiger partial charge in [-0.15, -0.1) is 0 Å². The van der Waals surface area contributed by atoms with Gasteiger partial charge < -0.3 is 19.7 Å². The molecule has 0 bridgehead atoms. The Bertz CT molecular complexity index is 1560. The van der Waals surface area contributed by atoms with E-state index in [2.05, 4.69) is 5.32 Å². The monoisotopic (exact) mass is 633 g/mol. The third-order valence-electron chi connectivity index (χ3n) is 6.43. The van der Waals surface area contributed by atoms with E-state index in [1.807, 2.05) is 20.8 Å². The zero-order valence-electron chi connectivity index (χ0n) is 23.8. The van der Waals surface area contributed by atoms with E-state index in [1.165, 1.54) is 23.1 Å². The van der Waals surface area contributed by atoms with E-state index in [-0.39, 0.29) is 22.2 Å². The highest BCUT2D eigenvalue weighted by Gasteiger charge is 2.34. The summed E-state index contributed by atoms with van der Waals surface area (Å²) in [6.07, 6.45) is 0. The Kier molecular flexibility index (Phi) is 9.60. The Hall–Kier alpha value is -3.47. The molecule has 1 aliphatic rings. The van der Waals surface area contributed by atoms with E-state index in [9.17, 15) is 18.0 Å². The fraction of sp³-hybridized carbons (Fsp3) is 0.333. The number of fused-ring (bicyclic) bond motifs is 1. The average Bonchev–Trinajstić information content (AvgIpc) is 2.95. The van der Waals surface area contributed by atoms with Crippen LogP contribution in [0.15, 0.2) is 71.6 Å². The van der Waals surface area contributed by atoms with Crippen LogP contribution >= 0.6 is 23.2 Å². The molecule has 1 N–H and O–H groups in total. The minimum absolute atomic E-state index is 0.00208. The van der Waals surface area contributed by atoms with Crippen molar-refractivity contribution in [3.63, 3.8) is 0 Å². The molecule has 3 aromatic rings. The summed E-state index contributed by atoms with van der Waals surface area (Å²) in [5.41, 5.74) is 0.264. The van der Waals surface area contributed by atoms with Gasteiger partial charge in [0.25, 0.3) is 10.0 Å². The van der Waals surface area contributed by atoms with Crippen molar-refractivity contribution >= 4 is 50.7 Å². The lowest BCUT2D eigenvalue weighted by Crippen LogP contribution is -2.54. The van der Waals surface area contributed by atoms with Crippen LogP contribution in [-0.4, -0.2) is 56.5 Å². The zero-order valence-corrected chi connectivity index (χ0v) is 26.1. The summed E-state index contributed by atoms with van der Waals surface area (Å²) >= 11 is 12.3. The predicted molar refractivity (Wildman–Crippen MR) is 163 cm³/mol.